The van der Waals surface area contributed by atoms with Crippen molar-refractivity contribution in [2.45, 2.75) is 38.2 Å². The van der Waals surface area contributed by atoms with Crippen LogP contribution in [0.2, 0.25) is 0 Å². The van der Waals surface area contributed by atoms with Crippen molar-refractivity contribution >= 4 is 17.6 Å². The number of carboxylic acid groups (broad SMARTS) is 2. The predicted molar refractivity (Wildman–Crippen MR) is 101 cm³/mol. The van der Waals surface area contributed by atoms with E-state index in [-0.39, 0.29) is 0 Å². The minimum absolute atomic E-state index is 0.405. The Kier molecular flexibility index (Phi) is 8.57. The number of carboxylic acids is 2. The first-order valence-corrected chi connectivity index (χ1v) is 9.26. The monoisotopic (exact) mass is 377 g/mol. The molecule has 1 aliphatic heterocycles. The maximum Gasteiger partial charge on any atom is 0.328 e. The molecule has 0 bridgehead atoms. The van der Waals surface area contributed by atoms with Crippen molar-refractivity contribution < 1.29 is 24.5 Å². The lowest BCUT2D eigenvalue weighted by atomic mass is 10.3. The van der Waals surface area contributed by atoms with Crippen LogP contribution in [-0.4, -0.2) is 59.4 Å². The van der Waals surface area contributed by atoms with Gasteiger partial charge in [-0.15, -0.1) is 0 Å². The van der Waals surface area contributed by atoms with Crippen LogP contribution in [0.1, 0.15) is 32.1 Å². The summed E-state index contributed by atoms with van der Waals surface area (Å²) >= 11 is 0. The number of aliphatic carboxylic acids is 2. The van der Waals surface area contributed by atoms with Crippen LogP contribution in [-0.2, 0) is 9.59 Å². The standard InChI is InChI=1S/C15H23N3O.C4H4O4/c1-2-5-14(4-1)19-15-10-13(11-17-12-15)18-8-3-6-16-7-9-18;5-3(6)1-2-4(7)8/h10-12,14,16H,1-9H2;1-2H,(H,5,6)(H,7,8)/b;2-1+. The predicted octanol–water partition coefficient (Wildman–Crippen LogP) is 1.91. The zero-order valence-corrected chi connectivity index (χ0v) is 15.3. The maximum atomic E-state index is 9.55. The fourth-order valence-corrected chi connectivity index (χ4v) is 3.09. The van der Waals surface area contributed by atoms with E-state index >= 15 is 0 Å². The van der Waals surface area contributed by atoms with E-state index in [1.807, 2.05) is 12.4 Å². The highest BCUT2D eigenvalue weighted by molar-refractivity contribution is 5.89. The molecule has 1 saturated carbocycles. The molecule has 1 aromatic rings. The van der Waals surface area contributed by atoms with Crippen molar-refractivity contribution in [2.75, 3.05) is 31.1 Å². The van der Waals surface area contributed by atoms with Crippen molar-refractivity contribution in [3.05, 3.63) is 30.6 Å². The van der Waals surface area contributed by atoms with Gasteiger partial charge in [0.25, 0.3) is 0 Å². The van der Waals surface area contributed by atoms with Gasteiger partial charge in [0.2, 0.25) is 0 Å². The van der Waals surface area contributed by atoms with Gasteiger partial charge >= 0.3 is 11.9 Å². The number of ether oxygens (including phenoxy) is 1. The van der Waals surface area contributed by atoms with Gasteiger partial charge in [0.05, 0.1) is 24.2 Å². The number of carbonyl (C=O) groups is 2. The van der Waals surface area contributed by atoms with Gasteiger partial charge in [-0.2, -0.15) is 0 Å². The average molecular weight is 377 g/mol. The molecule has 1 saturated heterocycles. The topological polar surface area (TPSA) is 112 Å². The summed E-state index contributed by atoms with van der Waals surface area (Å²) in [5.74, 6) is -1.58. The Hall–Kier alpha value is -2.61. The molecule has 0 spiro atoms. The highest BCUT2D eigenvalue weighted by Gasteiger charge is 2.17. The Morgan fingerprint density at radius 1 is 1.07 bits per heavy atom. The molecule has 2 heterocycles. The third-order valence-corrected chi connectivity index (χ3v) is 4.38. The number of hydrogen-bond acceptors (Lipinski definition) is 6. The van der Waals surface area contributed by atoms with E-state index < -0.39 is 11.9 Å². The minimum Gasteiger partial charge on any atom is -0.489 e. The van der Waals surface area contributed by atoms with Crippen LogP contribution in [0.15, 0.2) is 30.6 Å². The molecule has 0 unspecified atom stereocenters. The van der Waals surface area contributed by atoms with Crippen LogP contribution in [0.3, 0.4) is 0 Å². The van der Waals surface area contributed by atoms with Crippen molar-refractivity contribution in [1.29, 1.82) is 0 Å². The molecule has 148 valence electrons. The van der Waals surface area contributed by atoms with Crippen molar-refractivity contribution in [2.24, 2.45) is 0 Å². The summed E-state index contributed by atoms with van der Waals surface area (Å²) in [5.41, 5.74) is 1.19. The van der Waals surface area contributed by atoms with Gasteiger partial charge in [-0.05, 0) is 38.6 Å². The van der Waals surface area contributed by atoms with E-state index in [9.17, 15) is 9.59 Å². The molecule has 0 atom stereocenters. The molecular formula is C19H27N3O5. The maximum absolute atomic E-state index is 9.55. The summed E-state index contributed by atoms with van der Waals surface area (Å²) in [7, 11) is 0. The molecule has 0 radical (unpaired) electrons. The molecule has 3 N–H and O–H groups in total. The molecule has 1 aromatic heterocycles. The quantitative estimate of drug-likeness (QED) is 0.667. The first-order chi connectivity index (χ1) is 13.0. The summed E-state index contributed by atoms with van der Waals surface area (Å²) in [6.07, 6.45) is 11.5. The van der Waals surface area contributed by atoms with Crippen LogP contribution in [0, 0.1) is 0 Å². The molecular weight excluding hydrogens is 350 g/mol. The van der Waals surface area contributed by atoms with Gasteiger partial charge in [-0.1, -0.05) is 0 Å². The number of nitrogens with one attached hydrogen (secondary N) is 1. The smallest absolute Gasteiger partial charge is 0.328 e. The van der Waals surface area contributed by atoms with Crippen LogP contribution < -0.4 is 15.0 Å². The van der Waals surface area contributed by atoms with Gasteiger partial charge in [0, 0.05) is 37.9 Å². The highest BCUT2D eigenvalue weighted by atomic mass is 16.5. The second-order valence-corrected chi connectivity index (χ2v) is 6.50. The van der Waals surface area contributed by atoms with E-state index in [0.717, 1.165) is 31.9 Å². The number of nitrogens with zero attached hydrogens (tertiary/aromatic N) is 2. The van der Waals surface area contributed by atoms with E-state index in [2.05, 4.69) is 21.3 Å². The fourth-order valence-electron chi connectivity index (χ4n) is 3.09. The van der Waals surface area contributed by atoms with Crippen molar-refractivity contribution in [3.8, 4) is 5.75 Å². The molecule has 27 heavy (non-hydrogen) atoms. The highest BCUT2D eigenvalue weighted by Crippen LogP contribution is 2.26. The summed E-state index contributed by atoms with van der Waals surface area (Å²) in [5, 5.41) is 19.1. The lowest BCUT2D eigenvalue weighted by Gasteiger charge is -2.23. The van der Waals surface area contributed by atoms with Gasteiger partial charge in [0.1, 0.15) is 5.75 Å². The van der Waals surface area contributed by atoms with Crippen LogP contribution in [0.4, 0.5) is 5.69 Å². The molecule has 0 amide bonds. The Balaban J connectivity index is 0.000000279. The lowest BCUT2D eigenvalue weighted by Crippen LogP contribution is -2.27. The number of anilines is 1. The van der Waals surface area contributed by atoms with Crippen LogP contribution >= 0.6 is 0 Å². The van der Waals surface area contributed by atoms with Gasteiger partial charge in [0.15, 0.2) is 0 Å². The van der Waals surface area contributed by atoms with E-state index in [1.165, 1.54) is 37.8 Å². The summed E-state index contributed by atoms with van der Waals surface area (Å²) in [4.78, 5) is 25.8. The minimum atomic E-state index is -1.26. The average Bonchev–Trinajstić information content (AvgIpc) is 3.00. The SMILES string of the molecule is O=C(O)/C=C/C(=O)O.c1ncc(N2CCCNCC2)cc1OC1CCCC1. The van der Waals surface area contributed by atoms with Gasteiger partial charge < -0.3 is 25.2 Å². The summed E-state index contributed by atoms with van der Waals surface area (Å²) in [6.45, 7) is 4.31. The van der Waals surface area contributed by atoms with Crippen molar-refractivity contribution in [3.63, 3.8) is 0 Å². The third kappa shape index (κ3) is 8.08. The Morgan fingerprint density at radius 3 is 2.44 bits per heavy atom. The molecule has 1 aliphatic carbocycles. The van der Waals surface area contributed by atoms with Crippen LogP contribution in [0.5, 0.6) is 5.75 Å². The van der Waals surface area contributed by atoms with E-state index in [0.29, 0.717) is 18.3 Å². The largest absolute Gasteiger partial charge is 0.489 e. The molecule has 2 fully saturated rings. The lowest BCUT2D eigenvalue weighted by molar-refractivity contribution is -0.134. The second kappa shape index (κ2) is 11.2. The number of rotatable bonds is 5. The normalized spacial score (nSPS) is 17.9. The Morgan fingerprint density at radius 2 is 1.78 bits per heavy atom. The van der Waals surface area contributed by atoms with Gasteiger partial charge in [-0.25, -0.2) is 9.59 Å². The number of hydrogen-bond donors (Lipinski definition) is 3. The van der Waals surface area contributed by atoms with E-state index in [4.69, 9.17) is 14.9 Å². The molecule has 2 aliphatic rings. The Bertz CT molecular complexity index is 620. The first-order valence-electron chi connectivity index (χ1n) is 9.26. The zero-order valence-electron chi connectivity index (χ0n) is 15.3. The second-order valence-electron chi connectivity index (χ2n) is 6.50. The van der Waals surface area contributed by atoms with Crippen LogP contribution in [0.25, 0.3) is 0 Å². The molecule has 3 rings (SSSR count). The van der Waals surface area contributed by atoms with Gasteiger partial charge in [-0.3, -0.25) is 4.98 Å². The third-order valence-electron chi connectivity index (χ3n) is 4.38. The molecule has 8 nitrogen and oxygen atoms in total. The summed E-state index contributed by atoms with van der Waals surface area (Å²) in [6, 6.07) is 2.15. The molecule has 8 heteroatoms. The van der Waals surface area contributed by atoms with Crippen molar-refractivity contribution in [1.82, 2.24) is 10.3 Å². The van der Waals surface area contributed by atoms with E-state index in [1.54, 1.807) is 0 Å². The summed E-state index contributed by atoms with van der Waals surface area (Å²) < 4.78 is 6.03. The number of pyridine rings is 1. The first kappa shape index (κ1) is 20.7. The number of aromatic nitrogens is 1. The fraction of sp³-hybridized carbons (Fsp3) is 0.526. The molecule has 0 aromatic carbocycles. The Labute approximate surface area is 158 Å². The zero-order chi connectivity index (χ0) is 19.5.